The highest BCUT2D eigenvalue weighted by Crippen LogP contribution is 2.33. The smallest absolute Gasteiger partial charge is 0.0540 e. The minimum atomic E-state index is 1.09. The fourth-order valence-corrected chi connectivity index (χ4v) is 3.66. The van der Waals surface area contributed by atoms with E-state index in [0.717, 1.165) is 11.4 Å². The Kier molecular flexibility index (Phi) is 4.15. The van der Waals surface area contributed by atoms with Crippen LogP contribution in [0.15, 0.2) is 115 Å². The monoisotopic (exact) mass is 360 g/mol. The maximum atomic E-state index is 3.50. The van der Waals surface area contributed by atoms with Gasteiger partial charge in [-0.05, 0) is 54.1 Å². The summed E-state index contributed by atoms with van der Waals surface area (Å²) >= 11 is 0. The molecule has 0 aliphatic heterocycles. The van der Waals surface area contributed by atoms with Gasteiger partial charge in [0, 0.05) is 22.4 Å². The number of aromatic nitrogens is 1. The van der Waals surface area contributed by atoms with Gasteiger partial charge in [-0.3, -0.25) is 0 Å². The van der Waals surface area contributed by atoms with Crippen LogP contribution in [0.4, 0.5) is 11.4 Å². The molecule has 0 aliphatic rings. The van der Waals surface area contributed by atoms with Gasteiger partial charge in [-0.1, -0.05) is 66.7 Å². The molecule has 0 unspecified atom stereocenters. The van der Waals surface area contributed by atoms with Crippen LogP contribution in [0.5, 0.6) is 0 Å². The first kappa shape index (κ1) is 16.4. The summed E-state index contributed by atoms with van der Waals surface area (Å²) in [5.41, 5.74) is 6.94. The molecule has 5 aromatic rings. The molecule has 1 aromatic heterocycles. The number of benzene rings is 4. The van der Waals surface area contributed by atoms with E-state index in [-0.39, 0.29) is 0 Å². The number of anilines is 2. The van der Waals surface area contributed by atoms with Gasteiger partial charge in [-0.25, -0.2) is 0 Å². The summed E-state index contributed by atoms with van der Waals surface area (Å²) in [6.07, 6.45) is 0. The zero-order valence-corrected chi connectivity index (χ0v) is 15.4. The zero-order chi connectivity index (χ0) is 18.8. The van der Waals surface area contributed by atoms with Crippen molar-refractivity contribution in [1.29, 1.82) is 0 Å². The number of nitrogens with zero attached hydrogens (tertiary/aromatic N) is 1. The normalized spacial score (nSPS) is 10.9. The summed E-state index contributed by atoms with van der Waals surface area (Å²) in [5.74, 6) is 0. The minimum Gasteiger partial charge on any atom is -0.356 e. The van der Waals surface area contributed by atoms with Gasteiger partial charge >= 0.3 is 0 Å². The Morgan fingerprint density at radius 1 is 0.536 bits per heavy atom. The predicted molar refractivity (Wildman–Crippen MR) is 118 cm³/mol. The van der Waals surface area contributed by atoms with E-state index >= 15 is 0 Å². The van der Waals surface area contributed by atoms with Crippen LogP contribution >= 0.6 is 0 Å². The zero-order valence-electron chi connectivity index (χ0n) is 15.4. The van der Waals surface area contributed by atoms with Gasteiger partial charge in [0.2, 0.25) is 0 Å². The highest BCUT2D eigenvalue weighted by Gasteiger charge is 2.12. The van der Waals surface area contributed by atoms with Crippen molar-refractivity contribution in [3.8, 4) is 16.9 Å². The van der Waals surface area contributed by atoms with Gasteiger partial charge in [0.1, 0.15) is 0 Å². The lowest BCUT2D eigenvalue weighted by molar-refractivity contribution is 1.13. The van der Waals surface area contributed by atoms with E-state index in [1.807, 2.05) is 18.2 Å². The van der Waals surface area contributed by atoms with Crippen LogP contribution in [0.3, 0.4) is 0 Å². The summed E-state index contributed by atoms with van der Waals surface area (Å²) in [4.78, 5) is 0. The Labute approximate surface area is 164 Å². The van der Waals surface area contributed by atoms with E-state index in [9.17, 15) is 0 Å². The largest absolute Gasteiger partial charge is 0.356 e. The van der Waals surface area contributed by atoms with E-state index in [1.54, 1.807) is 0 Å². The molecule has 0 amide bonds. The maximum absolute atomic E-state index is 3.50. The maximum Gasteiger partial charge on any atom is 0.0540 e. The van der Waals surface area contributed by atoms with Crippen molar-refractivity contribution < 1.29 is 0 Å². The van der Waals surface area contributed by atoms with Gasteiger partial charge in [-0.15, -0.1) is 0 Å². The Hall–Kier alpha value is -3.78. The molecule has 0 saturated heterocycles. The molecule has 134 valence electrons. The molecular formula is C26H20N2. The van der Waals surface area contributed by atoms with E-state index in [4.69, 9.17) is 0 Å². The fraction of sp³-hybridized carbons (Fsp3) is 0. The Morgan fingerprint density at radius 2 is 1.18 bits per heavy atom. The van der Waals surface area contributed by atoms with Crippen molar-refractivity contribution >= 4 is 22.3 Å². The van der Waals surface area contributed by atoms with Crippen molar-refractivity contribution in [1.82, 2.24) is 4.57 Å². The topological polar surface area (TPSA) is 17.0 Å². The number of nitrogens with one attached hydrogen (secondary N) is 1. The van der Waals surface area contributed by atoms with Crippen molar-refractivity contribution in [3.63, 3.8) is 0 Å². The summed E-state index contributed by atoms with van der Waals surface area (Å²) in [5, 5.41) is 4.71. The van der Waals surface area contributed by atoms with Gasteiger partial charge in [-0.2, -0.15) is 0 Å². The lowest BCUT2D eigenvalue weighted by Gasteiger charge is -2.12. The van der Waals surface area contributed by atoms with Gasteiger partial charge in [0.05, 0.1) is 11.2 Å². The third-order valence-corrected chi connectivity index (χ3v) is 4.95. The third kappa shape index (κ3) is 3.06. The molecule has 2 heteroatoms. The third-order valence-electron chi connectivity index (χ3n) is 4.95. The molecule has 1 N–H and O–H groups in total. The first-order chi connectivity index (χ1) is 13.9. The highest BCUT2D eigenvalue weighted by molar-refractivity contribution is 5.92. The molecular weight excluding hydrogens is 340 g/mol. The van der Waals surface area contributed by atoms with E-state index in [1.165, 1.54) is 27.8 Å². The summed E-state index contributed by atoms with van der Waals surface area (Å²) in [7, 11) is 0. The average molecular weight is 360 g/mol. The number of hydrogen-bond acceptors (Lipinski definition) is 1. The summed E-state index contributed by atoms with van der Waals surface area (Å²) < 4.78 is 2.33. The lowest BCUT2D eigenvalue weighted by Crippen LogP contribution is -1.96. The lowest BCUT2D eigenvalue weighted by atomic mass is 10.1. The Balaban J connectivity index is 1.67. The van der Waals surface area contributed by atoms with E-state index < -0.39 is 0 Å². The predicted octanol–water partition coefficient (Wildman–Crippen LogP) is 7.04. The highest BCUT2D eigenvalue weighted by atomic mass is 15.0. The fourth-order valence-electron chi connectivity index (χ4n) is 3.66. The van der Waals surface area contributed by atoms with Crippen molar-refractivity contribution in [2.45, 2.75) is 0 Å². The van der Waals surface area contributed by atoms with Crippen LogP contribution in [-0.4, -0.2) is 4.57 Å². The molecule has 0 spiro atoms. The molecule has 1 heterocycles. The summed E-state index contributed by atoms with van der Waals surface area (Å²) in [6, 6.07) is 40.2. The quantitative estimate of drug-likeness (QED) is 0.364. The van der Waals surface area contributed by atoms with Crippen LogP contribution in [-0.2, 0) is 0 Å². The van der Waals surface area contributed by atoms with E-state index in [2.05, 4.69) is 107 Å². The second kappa shape index (κ2) is 7.09. The Morgan fingerprint density at radius 3 is 1.89 bits per heavy atom. The van der Waals surface area contributed by atoms with Crippen LogP contribution in [0.25, 0.3) is 27.8 Å². The van der Waals surface area contributed by atoms with Crippen molar-refractivity contribution in [2.75, 3.05) is 5.32 Å². The van der Waals surface area contributed by atoms with Crippen molar-refractivity contribution in [2.24, 2.45) is 0 Å². The standard InChI is InChI=1S/C26H20N2/c1-4-10-20(11-5-1)26-19-21-18-23(27-22-12-6-2-7-13-22)16-17-25(21)28(26)24-14-8-3-9-15-24/h1-19,27H. The number of hydrogen-bond donors (Lipinski definition) is 1. The Bertz CT molecular complexity index is 1210. The van der Waals surface area contributed by atoms with Crippen LogP contribution in [0.1, 0.15) is 0 Å². The second-order valence-electron chi connectivity index (χ2n) is 6.83. The molecule has 0 saturated carbocycles. The van der Waals surface area contributed by atoms with Gasteiger partial charge in [0.25, 0.3) is 0 Å². The van der Waals surface area contributed by atoms with E-state index in [0.29, 0.717) is 0 Å². The first-order valence-electron chi connectivity index (χ1n) is 9.47. The molecule has 0 radical (unpaired) electrons. The van der Waals surface area contributed by atoms with Gasteiger partial charge < -0.3 is 9.88 Å². The second-order valence-corrected chi connectivity index (χ2v) is 6.83. The number of para-hydroxylation sites is 2. The van der Waals surface area contributed by atoms with Crippen LogP contribution in [0, 0.1) is 0 Å². The van der Waals surface area contributed by atoms with Crippen molar-refractivity contribution in [3.05, 3.63) is 115 Å². The molecule has 0 aliphatic carbocycles. The minimum absolute atomic E-state index is 1.09. The van der Waals surface area contributed by atoms with Crippen LogP contribution < -0.4 is 5.32 Å². The molecule has 0 bridgehead atoms. The summed E-state index contributed by atoms with van der Waals surface area (Å²) in [6.45, 7) is 0. The molecule has 2 nitrogen and oxygen atoms in total. The molecule has 0 atom stereocenters. The molecule has 28 heavy (non-hydrogen) atoms. The van der Waals surface area contributed by atoms with Crippen LogP contribution in [0.2, 0.25) is 0 Å². The number of rotatable bonds is 4. The average Bonchev–Trinajstić information content (AvgIpc) is 3.14. The molecule has 5 rings (SSSR count). The molecule has 0 fully saturated rings. The SMILES string of the molecule is c1ccc(Nc2ccc3c(c2)cc(-c2ccccc2)n3-c2ccccc2)cc1. The number of fused-ring (bicyclic) bond motifs is 1. The molecule has 4 aromatic carbocycles. The first-order valence-corrected chi connectivity index (χ1v) is 9.47. The van der Waals surface area contributed by atoms with Gasteiger partial charge in [0.15, 0.2) is 0 Å².